The van der Waals surface area contributed by atoms with Crippen LogP contribution in [0.3, 0.4) is 0 Å². The quantitative estimate of drug-likeness (QED) is 0.605. The van der Waals surface area contributed by atoms with E-state index >= 15 is 0 Å². The van der Waals surface area contributed by atoms with E-state index in [1.165, 1.54) is 47.9 Å². The maximum absolute atomic E-state index is 4.29. The Kier molecular flexibility index (Phi) is 7.02. The standard InChI is InChI=1S/C23H37N3/c1-15(2)9-11-21-18(6)22(12-10-16(3)4)20(8)23(19(21)7)14-26-13-17(5)24-25-26/h13,15-16H,9-12,14H2,1-8H3. The van der Waals surface area contributed by atoms with Crippen molar-refractivity contribution in [2.24, 2.45) is 11.8 Å². The zero-order valence-electron chi connectivity index (χ0n) is 18.1. The third kappa shape index (κ3) is 4.96. The van der Waals surface area contributed by atoms with Crippen molar-refractivity contribution in [2.45, 2.75) is 87.6 Å². The predicted molar refractivity (Wildman–Crippen MR) is 111 cm³/mol. The van der Waals surface area contributed by atoms with Gasteiger partial charge in [-0.05, 0) is 98.6 Å². The fraction of sp³-hybridized carbons (Fsp3) is 0.652. The Hall–Kier alpha value is -1.64. The summed E-state index contributed by atoms with van der Waals surface area (Å²) in [5, 5.41) is 8.46. The number of hydrogen-bond donors (Lipinski definition) is 0. The zero-order valence-corrected chi connectivity index (χ0v) is 18.1. The second-order valence-corrected chi connectivity index (χ2v) is 8.73. The van der Waals surface area contributed by atoms with Crippen LogP contribution in [0.15, 0.2) is 6.20 Å². The molecule has 0 saturated heterocycles. The van der Waals surface area contributed by atoms with Gasteiger partial charge in [0, 0.05) is 6.20 Å². The molecule has 0 amide bonds. The van der Waals surface area contributed by atoms with Gasteiger partial charge in [-0.3, -0.25) is 0 Å². The van der Waals surface area contributed by atoms with Crippen LogP contribution in [0.25, 0.3) is 0 Å². The minimum atomic E-state index is 0.732. The van der Waals surface area contributed by atoms with Gasteiger partial charge in [0.15, 0.2) is 0 Å². The minimum Gasteiger partial charge on any atom is -0.248 e. The van der Waals surface area contributed by atoms with E-state index in [1.54, 1.807) is 11.1 Å². The summed E-state index contributed by atoms with van der Waals surface area (Å²) in [5.41, 5.74) is 10.00. The highest BCUT2D eigenvalue weighted by Gasteiger charge is 2.18. The van der Waals surface area contributed by atoms with Crippen molar-refractivity contribution in [3.63, 3.8) is 0 Å². The molecule has 0 fully saturated rings. The smallest absolute Gasteiger partial charge is 0.0796 e. The van der Waals surface area contributed by atoms with E-state index in [0.717, 1.165) is 24.1 Å². The molecule has 144 valence electrons. The molecule has 1 aromatic heterocycles. The summed E-state index contributed by atoms with van der Waals surface area (Å²) >= 11 is 0. The van der Waals surface area contributed by atoms with E-state index in [2.05, 4.69) is 58.8 Å². The normalized spacial score (nSPS) is 11.8. The molecular formula is C23H37N3. The van der Waals surface area contributed by atoms with E-state index in [4.69, 9.17) is 0 Å². The number of rotatable bonds is 8. The van der Waals surface area contributed by atoms with Gasteiger partial charge in [0.2, 0.25) is 0 Å². The van der Waals surface area contributed by atoms with E-state index in [0.29, 0.717) is 0 Å². The third-order valence-electron chi connectivity index (χ3n) is 5.63. The Morgan fingerprint density at radius 2 is 1.23 bits per heavy atom. The molecule has 1 heterocycles. The largest absolute Gasteiger partial charge is 0.248 e. The Balaban J connectivity index is 2.49. The molecule has 0 radical (unpaired) electrons. The van der Waals surface area contributed by atoms with Crippen LogP contribution in [0.1, 0.15) is 79.6 Å². The highest BCUT2D eigenvalue weighted by Crippen LogP contribution is 2.31. The van der Waals surface area contributed by atoms with Gasteiger partial charge in [-0.15, -0.1) is 5.10 Å². The highest BCUT2D eigenvalue weighted by molar-refractivity contribution is 5.51. The summed E-state index contributed by atoms with van der Waals surface area (Å²) in [6, 6.07) is 0. The lowest BCUT2D eigenvalue weighted by atomic mass is 9.83. The Bertz CT molecular complexity index is 699. The first kappa shape index (κ1) is 20.7. The fourth-order valence-electron chi connectivity index (χ4n) is 3.88. The summed E-state index contributed by atoms with van der Waals surface area (Å²) in [4.78, 5) is 0. The van der Waals surface area contributed by atoms with Crippen LogP contribution in [0.2, 0.25) is 0 Å². The number of nitrogens with zero attached hydrogens (tertiary/aromatic N) is 3. The summed E-state index contributed by atoms with van der Waals surface area (Å²) in [5.74, 6) is 1.46. The number of benzene rings is 1. The molecule has 0 aliphatic rings. The van der Waals surface area contributed by atoms with Crippen LogP contribution >= 0.6 is 0 Å². The van der Waals surface area contributed by atoms with E-state index < -0.39 is 0 Å². The molecule has 1 aromatic carbocycles. The summed E-state index contributed by atoms with van der Waals surface area (Å²) in [7, 11) is 0. The molecule has 3 heteroatoms. The molecule has 26 heavy (non-hydrogen) atoms. The van der Waals surface area contributed by atoms with Gasteiger partial charge in [-0.2, -0.15) is 0 Å². The van der Waals surface area contributed by atoms with Crippen molar-refractivity contribution in [3.05, 3.63) is 45.3 Å². The second-order valence-electron chi connectivity index (χ2n) is 8.73. The van der Waals surface area contributed by atoms with Crippen LogP contribution < -0.4 is 0 Å². The van der Waals surface area contributed by atoms with Crippen LogP contribution in [-0.2, 0) is 19.4 Å². The fourth-order valence-corrected chi connectivity index (χ4v) is 3.88. The van der Waals surface area contributed by atoms with Gasteiger partial charge in [0.1, 0.15) is 0 Å². The van der Waals surface area contributed by atoms with Gasteiger partial charge in [0.25, 0.3) is 0 Å². The second kappa shape index (κ2) is 8.83. The van der Waals surface area contributed by atoms with Crippen molar-refractivity contribution in [2.75, 3.05) is 0 Å². The molecular weight excluding hydrogens is 318 g/mol. The molecule has 0 spiro atoms. The van der Waals surface area contributed by atoms with Crippen molar-refractivity contribution in [3.8, 4) is 0 Å². The average molecular weight is 356 g/mol. The third-order valence-corrected chi connectivity index (χ3v) is 5.63. The van der Waals surface area contributed by atoms with Crippen LogP contribution in [0.4, 0.5) is 0 Å². The topological polar surface area (TPSA) is 30.7 Å². The van der Waals surface area contributed by atoms with Crippen molar-refractivity contribution in [1.29, 1.82) is 0 Å². The Morgan fingerprint density at radius 1 is 0.769 bits per heavy atom. The van der Waals surface area contributed by atoms with Crippen LogP contribution in [-0.4, -0.2) is 15.0 Å². The van der Waals surface area contributed by atoms with Gasteiger partial charge in [-0.25, -0.2) is 4.68 Å². The number of hydrogen-bond acceptors (Lipinski definition) is 2. The van der Waals surface area contributed by atoms with Crippen molar-refractivity contribution in [1.82, 2.24) is 15.0 Å². The molecule has 0 unspecified atom stereocenters. The van der Waals surface area contributed by atoms with E-state index in [9.17, 15) is 0 Å². The SMILES string of the molecule is Cc1cn(Cc2c(C)c(CCC(C)C)c(C)c(CCC(C)C)c2C)nn1. The van der Waals surface area contributed by atoms with Gasteiger partial charge >= 0.3 is 0 Å². The van der Waals surface area contributed by atoms with Gasteiger partial charge < -0.3 is 0 Å². The molecule has 0 bridgehead atoms. The lowest BCUT2D eigenvalue weighted by molar-refractivity contribution is 0.575. The predicted octanol–water partition coefficient (Wildman–Crippen LogP) is 5.74. The number of aryl methyl sites for hydroxylation is 1. The first-order chi connectivity index (χ1) is 12.2. The molecule has 0 aliphatic heterocycles. The lowest BCUT2D eigenvalue weighted by Gasteiger charge is -2.23. The van der Waals surface area contributed by atoms with E-state index in [1.807, 2.05) is 17.8 Å². The molecule has 2 aromatic rings. The molecule has 0 aliphatic carbocycles. The van der Waals surface area contributed by atoms with Crippen molar-refractivity contribution < 1.29 is 0 Å². The zero-order chi connectivity index (χ0) is 19.4. The molecule has 3 nitrogen and oxygen atoms in total. The monoisotopic (exact) mass is 355 g/mol. The van der Waals surface area contributed by atoms with Gasteiger partial charge in [-0.1, -0.05) is 32.9 Å². The summed E-state index contributed by atoms with van der Waals surface area (Å²) in [6.45, 7) is 19.0. The van der Waals surface area contributed by atoms with E-state index in [-0.39, 0.29) is 0 Å². The number of aromatic nitrogens is 3. The molecule has 0 saturated carbocycles. The molecule has 2 rings (SSSR count). The van der Waals surface area contributed by atoms with Crippen LogP contribution in [0.5, 0.6) is 0 Å². The lowest BCUT2D eigenvalue weighted by Crippen LogP contribution is -2.12. The first-order valence-electron chi connectivity index (χ1n) is 10.2. The Labute approximate surface area is 160 Å². The summed E-state index contributed by atoms with van der Waals surface area (Å²) < 4.78 is 1.98. The van der Waals surface area contributed by atoms with Gasteiger partial charge in [0.05, 0.1) is 12.2 Å². The Morgan fingerprint density at radius 3 is 1.62 bits per heavy atom. The van der Waals surface area contributed by atoms with Crippen molar-refractivity contribution >= 4 is 0 Å². The molecule has 0 N–H and O–H groups in total. The maximum atomic E-state index is 4.29. The molecule has 0 atom stereocenters. The minimum absolute atomic E-state index is 0.732. The average Bonchev–Trinajstić information content (AvgIpc) is 2.96. The highest BCUT2D eigenvalue weighted by atomic mass is 15.4. The maximum Gasteiger partial charge on any atom is 0.0796 e. The summed E-state index contributed by atoms with van der Waals surface area (Å²) in [6.07, 6.45) is 6.88. The first-order valence-corrected chi connectivity index (χ1v) is 10.2. The van der Waals surface area contributed by atoms with Crippen LogP contribution in [0, 0.1) is 39.5 Å².